The number of hydrogen-bond donors (Lipinski definition) is 1. The number of hydrogen-bond acceptors (Lipinski definition) is 1. The average Bonchev–Trinajstić information content (AvgIpc) is 2.48. The molecule has 0 bridgehead atoms. The van der Waals surface area contributed by atoms with E-state index in [1.54, 1.807) is 18.2 Å². The van der Waals surface area contributed by atoms with Gasteiger partial charge in [-0.2, -0.15) is 13.2 Å². The molecule has 0 aliphatic carbocycles. The fourth-order valence-corrected chi connectivity index (χ4v) is 2.44. The summed E-state index contributed by atoms with van der Waals surface area (Å²) < 4.78 is 38.1. The minimum absolute atomic E-state index is 0.0547. The summed E-state index contributed by atoms with van der Waals surface area (Å²) in [5.74, 6) is -0.443. The molecule has 0 saturated carbocycles. The first kappa shape index (κ1) is 17.3. The highest BCUT2D eigenvalue weighted by Crippen LogP contribution is 2.30. The second-order valence-corrected chi connectivity index (χ2v) is 5.83. The second kappa shape index (κ2) is 6.62. The van der Waals surface area contributed by atoms with Crippen LogP contribution in [0.15, 0.2) is 42.5 Å². The Labute approximate surface area is 137 Å². The standard InChI is InChI=1S/C17H15ClF3NO/c1-10(2)14-9-13(6-7-15(14)18)22-16(23)11-4-3-5-12(8-11)17(19,20)21/h3-10H,1-2H3,(H,22,23). The van der Waals surface area contributed by atoms with Crippen LogP contribution in [0.2, 0.25) is 5.02 Å². The number of carbonyl (C=O) groups is 1. The molecule has 0 heterocycles. The maximum absolute atomic E-state index is 12.7. The summed E-state index contributed by atoms with van der Waals surface area (Å²) in [5.41, 5.74) is 0.430. The number of alkyl halides is 3. The zero-order valence-electron chi connectivity index (χ0n) is 12.5. The van der Waals surface area contributed by atoms with Gasteiger partial charge in [-0.1, -0.05) is 31.5 Å². The number of benzene rings is 2. The summed E-state index contributed by atoms with van der Waals surface area (Å²) >= 11 is 6.08. The monoisotopic (exact) mass is 341 g/mol. The van der Waals surface area contributed by atoms with Gasteiger partial charge in [0.2, 0.25) is 0 Å². The van der Waals surface area contributed by atoms with Crippen LogP contribution >= 0.6 is 11.6 Å². The van der Waals surface area contributed by atoms with Gasteiger partial charge in [0.1, 0.15) is 0 Å². The van der Waals surface area contributed by atoms with Gasteiger partial charge in [0, 0.05) is 16.3 Å². The molecule has 0 saturated heterocycles. The number of carbonyl (C=O) groups excluding carboxylic acids is 1. The normalized spacial score (nSPS) is 11.6. The van der Waals surface area contributed by atoms with Gasteiger partial charge in [0.25, 0.3) is 5.91 Å². The molecule has 2 nitrogen and oxygen atoms in total. The van der Waals surface area contributed by atoms with E-state index in [9.17, 15) is 18.0 Å². The van der Waals surface area contributed by atoms with Crippen LogP contribution in [0.4, 0.5) is 18.9 Å². The molecule has 1 N–H and O–H groups in total. The summed E-state index contributed by atoms with van der Waals surface area (Å²) in [7, 11) is 0. The Morgan fingerprint density at radius 2 is 1.83 bits per heavy atom. The van der Waals surface area contributed by atoms with Crippen LogP contribution in [0.1, 0.15) is 41.3 Å². The summed E-state index contributed by atoms with van der Waals surface area (Å²) in [6, 6.07) is 9.28. The maximum Gasteiger partial charge on any atom is 0.416 e. The fourth-order valence-electron chi connectivity index (χ4n) is 2.10. The van der Waals surface area contributed by atoms with E-state index in [1.807, 2.05) is 13.8 Å². The Hall–Kier alpha value is -2.01. The van der Waals surface area contributed by atoms with Crippen molar-refractivity contribution in [2.75, 3.05) is 5.32 Å². The highest BCUT2D eigenvalue weighted by atomic mass is 35.5. The molecule has 0 unspecified atom stereocenters. The van der Waals surface area contributed by atoms with Crippen LogP contribution in [0, 0.1) is 0 Å². The zero-order chi connectivity index (χ0) is 17.2. The van der Waals surface area contributed by atoms with Crippen LogP contribution in [0.3, 0.4) is 0 Å². The molecule has 23 heavy (non-hydrogen) atoms. The van der Waals surface area contributed by atoms with Crippen molar-refractivity contribution in [1.29, 1.82) is 0 Å². The van der Waals surface area contributed by atoms with Crippen LogP contribution in [-0.4, -0.2) is 5.91 Å². The molecule has 0 aliphatic rings. The van der Waals surface area contributed by atoms with E-state index in [4.69, 9.17) is 11.6 Å². The molecule has 2 aromatic rings. The van der Waals surface area contributed by atoms with Gasteiger partial charge in [-0.05, 0) is 47.9 Å². The highest BCUT2D eigenvalue weighted by Gasteiger charge is 2.30. The number of rotatable bonds is 3. The smallest absolute Gasteiger partial charge is 0.322 e. The summed E-state index contributed by atoms with van der Waals surface area (Å²) in [5, 5.41) is 3.18. The van der Waals surface area contributed by atoms with Gasteiger partial charge in [-0.15, -0.1) is 0 Å². The topological polar surface area (TPSA) is 29.1 Å². The quantitative estimate of drug-likeness (QED) is 0.758. The molecule has 0 aliphatic heterocycles. The Morgan fingerprint density at radius 3 is 2.43 bits per heavy atom. The van der Waals surface area contributed by atoms with Crippen molar-refractivity contribution in [2.45, 2.75) is 25.9 Å². The van der Waals surface area contributed by atoms with Crippen LogP contribution in [-0.2, 0) is 6.18 Å². The van der Waals surface area contributed by atoms with Gasteiger partial charge in [-0.3, -0.25) is 4.79 Å². The lowest BCUT2D eigenvalue weighted by Crippen LogP contribution is -2.14. The minimum Gasteiger partial charge on any atom is -0.322 e. The lowest BCUT2D eigenvalue weighted by Gasteiger charge is -2.12. The first-order chi connectivity index (χ1) is 10.7. The SMILES string of the molecule is CC(C)c1cc(NC(=O)c2cccc(C(F)(F)F)c2)ccc1Cl. The molecule has 6 heteroatoms. The first-order valence-corrected chi connectivity index (χ1v) is 7.34. The van der Waals surface area contributed by atoms with Gasteiger partial charge < -0.3 is 5.32 Å². The van der Waals surface area contributed by atoms with Crippen molar-refractivity contribution in [3.8, 4) is 0 Å². The number of halogens is 4. The molecule has 0 spiro atoms. The van der Waals surface area contributed by atoms with E-state index >= 15 is 0 Å². The third kappa shape index (κ3) is 4.26. The Bertz CT molecular complexity index is 726. The molecule has 0 fully saturated rings. The second-order valence-electron chi connectivity index (χ2n) is 5.42. The molecular formula is C17H15ClF3NO. The van der Waals surface area contributed by atoms with E-state index in [0.717, 1.165) is 17.7 Å². The predicted molar refractivity (Wildman–Crippen MR) is 84.9 cm³/mol. The van der Waals surface area contributed by atoms with Crippen LogP contribution in [0.5, 0.6) is 0 Å². The molecule has 2 rings (SSSR count). The van der Waals surface area contributed by atoms with Gasteiger partial charge in [0.15, 0.2) is 0 Å². The van der Waals surface area contributed by atoms with Gasteiger partial charge >= 0.3 is 6.18 Å². The Kier molecular flexibility index (Phi) is 5.00. The molecule has 0 radical (unpaired) electrons. The molecule has 0 atom stereocenters. The summed E-state index contributed by atoms with van der Waals surface area (Å²) in [6.07, 6.45) is -4.48. The molecular weight excluding hydrogens is 327 g/mol. The average molecular weight is 342 g/mol. The molecule has 122 valence electrons. The van der Waals surface area contributed by atoms with E-state index in [1.165, 1.54) is 12.1 Å². The first-order valence-electron chi connectivity index (χ1n) is 6.96. The van der Waals surface area contributed by atoms with Crippen LogP contribution < -0.4 is 5.32 Å². The molecule has 2 aromatic carbocycles. The summed E-state index contributed by atoms with van der Waals surface area (Å²) in [6.45, 7) is 3.92. The Balaban J connectivity index is 2.24. The van der Waals surface area contributed by atoms with E-state index < -0.39 is 17.6 Å². The zero-order valence-corrected chi connectivity index (χ0v) is 13.3. The number of anilines is 1. The lowest BCUT2D eigenvalue weighted by atomic mass is 10.0. The van der Waals surface area contributed by atoms with Crippen molar-refractivity contribution < 1.29 is 18.0 Å². The highest BCUT2D eigenvalue weighted by molar-refractivity contribution is 6.31. The van der Waals surface area contributed by atoms with Crippen molar-refractivity contribution in [1.82, 2.24) is 0 Å². The Morgan fingerprint density at radius 1 is 1.13 bits per heavy atom. The largest absolute Gasteiger partial charge is 0.416 e. The third-order valence-corrected chi connectivity index (χ3v) is 3.67. The maximum atomic E-state index is 12.7. The van der Waals surface area contributed by atoms with E-state index in [0.29, 0.717) is 10.7 Å². The lowest BCUT2D eigenvalue weighted by molar-refractivity contribution is -0.137. The van der Waals surface area contributed by atoms with Crippen LogP contribution in [0.25, 0.3) is 0 Å². The fraction of sp³-hybridized carbons (Fsp3) is 0.235. The third-order valence-electron chi connectivity index (χ3n) is 3.33. The summed E-state index contributed by atoms with van der Waals surface area (Å²) in [4.78, 5) is 12.1. The predicted octanol–water partition coefficient (Wildman–Crippen LogP) is 5.73. The van der Waals surface area contributed by atoms with E-state index in [-0.39, 0.29) is 11.5 Å². The molecule has 0 aromatic heterocycles. The molecule has 1 amide bonds. The van der Waals surface area contributed by atoms with Gasteiger partial charge in [-0.25, -0.2) is 0 Å². The van der Waals surface area contributed by atoms with Crippen molar-refractivity contribution in [2.24, 2.45) is 0 Å². The van der Waals surface area contributed by atoms with E-state index in [2.05, 4.69) is 5.32 Å². The number of nitrogens with one attached hydrogen (secondary N) is 1. The van der Waals surface area contributed by atoms with Crippen molar-refractivity contribution in [3.63, 3.8) is 0 Å². The number of amides is 1. The van der Waals surface area contributed by atoms with Crippen molar-refractivity contribution in [3.05, 3.63) is 64.2 Å². The van der Waals surface area contributed by atoms with Gasteiger partial charge in [0.05, 0.1) is 5.56 Å². The minimum atomic E-state index is -4.48. The van der Waals surface area contributed by atoms with Crippen molar-refractivity contribution >= 4 is 23.2 Å².